The van der Waals surface area contributed by atoms with E-state index < -0.39 is 29.0 Å². The first kappa shape index (κ1) is 14.6. The van der Waals surface area contributed by atoms with Crippen molar-refractivity contribution in [2.45, 2.75) is 43.6 Å². The minimum absolute atomic E-state index is 0.300. The van der Waals surface area contributed by atoms with Crippen LogP contribution in [0.25, 0.3) is 0 Å². The van der Waals surface area contributed by atoms with E-state index in [0.717, 1.165) is 5.19 Å². The van der Waals surface area contributed by atoms with Gasteiger partial charge in [0.25, 0.3) is 11.1 Å². The normalized spacial score (nSPS) is 31.9. The molecule has 2 atom stereocenters. The molecule has 1 fully saturated rings. The average molecular weight is 294 g/mol. The summed E-state index contributed by atoms with van der Waals surface area (Å²) in [6, 6.07) is 10.1. The largest absolute Gasteiger partial charge is 0.285 e. The molecular weight excluding hydrogens is 276 g/mol. The minimum Gasteiger partial charge on any atom is -0.264 e. The number of hydrogen-bond acceptors (Lipinski definition) is 4. The van der Waals surface area contributed by atoms with Crippen LogP contribution in [-0.2, 0) is 0 Å². The van der Waals surface area contributed by atoms with Crippen molar-refractivity contribution in [3.63, 3.8) is 0 Å². The molecule has 0 spiro atoms. The van der Waals surface area contributed by atoms with E-state index in [9.17, 15) is 20.2 Å². The fourth-order valence-electron chi connectivity index (χ4n) is 3.53. The van der Waals surface area contributed by atoms with Crippen molar-refractivity contribution in [3.8, 4) is 0 Å². The summed E-state index contributed by atoms with van der Waals surface area (Å²) < 4.78 is 0. The standard InChI is InChI=1S/C13H18N2O4Si/c1-12(14(16)17)9-20(3,10-13(12,2)15(18)19)11-7-5-4-6-8-11/h4-8H,9-10H2,1-3H3/t12-,13-/m0/s1. The molecule has 1 saturated heterocycles. The maximum Gasteiger partial charge on any atom is 0.285 e. The third-order valence-corrected chi connectivity index (χ3v) is 9.57. The molecule has 1 aromatic carbocycles. The van der Waals surface area contributed by atoms with Gasteiger partial charge in [0.05, 0.1) is 8.07 Å². The van der Waals surface area contributed by atoms with Crippen LogP contribution in [0.2, 0.25) is 18.6 Å². The molecule has 0 radical (unpaired) electrons. The van der Waals surface area contributed by atoms with Gasteiger partial charge in [-0.3, -0.25) is 20.2 Å². The summed E-state index contributed by atoms with van der Waals surface area (Å²) in [4.78, 5) is 22.1. The SMILES string of the molecule is C[C@]1([N+](=O)[O-])C[Si](C)(c2ccccc2)C[C@]1(C)[N+](=O)[O-]. The van der Waals surface area contributed by atoms with E-state index in [2.05, 4.69) is 0 Å². The number of rotatable bonds is 3. The highest BCUT2D eigenvalue weighted by Gasteiger charge is 2.74. The average Bonchev–Trinajstić information content (AvgIpc) is 2.61. The zero-order chi connectivity index (χ0) is 15.2. The summed E-state index contributed by atoms with van der Waals surface area (Å²) >= 11 is 0. The number of nitro groups is 2. The fraction of sp³-hybridized carbons (Fsp3) is 0.538. The molecule has 0 amide bonds. The van der Waals surface area contributed by atoms with E-state index in [1.165, 1.54) is 13.8 Å². The Kier molecular flexibility index (Phi) is 3.20. The summed E-state index contributed by atoms with van der Waals surface area (Å²) in [5.41, 5.74) is -3.01. The van der Waals surface area contributed by atoms with Gasteiger partial charge in [0.15, 0.2) is 0 Å². The Morgan fingerprint density at radius 3 is 1.75 bits per heavy atom. The second-order valence-electron chi connectivity index (χ2n) is 6.34. The van der Waals surface area contributed by atoms with Crippen LogP contribution in [0, 0.1) is 20.2 Å². The van der Waals surface area contributed by atoms with Crippen LogP contribution in [0.5, 0.6) is 0 Å². The van der Waals surface area contributed by atoms with Gasteiger partial charge in [-0.05, 0) is 0 Å². The van der Waals surface area contributed by atoms with Gasteiger partial charge in [-0.1, -0.05) is 42.1 Å². The molecule has 20 heavy (non-hydrogen) atoms. The van der Waals surface area contributed by atoms with Gasteiger partial charge >= 0.3 is 0 Å². The molecule has 1 aliphatic rings. The summed E-state index contributed by atoms with van der Waals surface area (Å²) in [5, 5.41) is 24.0. The quantitative estimate of drug-likeness (QED) is 0.485. The predicted molar refractivity (Wildman–Crippen MR) is 78.1 cm³/mol. The van der Waals surface area contributed by atoms with E-state index in [-0.39, 0.29) is 0 Å². The van der Waals surface area contributed by atoms with E-state index in [0.29, 0.717) is 12.1 Å². The van der Waals surface area contributed by atoms with Gasteiger partial charge in [-0.2, -0.15) is 0 Å². The molecule has 6 nitrogen and oxygen atoms in total. The third-order valence-electron chi connectivity index (χ3n) is 4.91. The van der Waals surface area contributed by atoms with Crippen molar-refractivity contribution in [3.05, 3.63) is 50.6 Å². The summed E-state index contributed by atoms with van der Waals surface area (Å²) in [7, 11) is -2.24. The second kappa shape index (κ2) is 4.37. The molecule has 0 N–H and O–H groups in total. The smallest absolute Gasteiger partial charge is 0.264 e. The lowest BCUT2D eigenvalue weighted by Gasteiger charge is -2.25. The zero-order valence-corrected chi connectivity index (χ0v) is 12.8. The molecule has 108 valence electrons. The van der Waals surface area contributed by atoms with E-state index >= 15 is 0 Å². The van der Waals surface area contributed by atoms with E-state index in [1.807, 2.05) is 36.9 Å². The Bertz CT molecular complexity index is 537. The molecule has 1 heterocycles. The first-order valence-electron chi connectivity index (χ1n) is 6.50. The first-order chi connectivity index (χ1) is 9.16. The lowest BCUT2D eigenvalue weighted by molar-refractivity contribution is -0.669. The van der Waals surface area contributed by atoms with Crippen LogP contribution in [-0.4, -0.2) is 29.0 Å². The monoisotopic (exact) mass is 294 g/mol. The first-order valence-corrected chi connectivity index (χ1v) is 9.42. The number of nitrogens with zero attached hydrogens (tertiary/aromatic N) is 2. The maximum atomic E-state index is 11.5. The Balaban J connectivity index is 2.54. The Hall–Kier alpha value is -1.76. The highest BCUT2D eigenvalue weighted by atomic mass is 28.3. The van der Waals surface area contributed by atoms with Crippen LogP contribution in [0.1, 0.15) is 13.8 Å². The van der Waals surface area contributed by atoms with E-state index in [1.54, 1.807) is 0 Å². The molecule has 0 bridgehead atoms. The summed E-state index contributed by atoms with van der Waals surface area (Å²) in [6.45, 7) is 4.87. The van der Waals surface area contributed by atoms with Gasteiger partial charge < -0.3 is 0 Å². The van der Waals surface area contributed by atoms with Crippen LogP contribution in [0.15, 0.2) is 30.3 Å². The highest BCUT2D eigenvalue weighted by Crippen LogP contribution is 2.48. The van der Waals surface area contributed by atoms with E-state index in [4.69, 9.17) is 0 Å². The molecule has 1 aliphatic heterocycles. The van der Waals surface area contributed by atoms with Crippen LogP contribution in [0.3, 0.4) is 0 Å². The topological polar surface area (TPSA) is 86.3 Å². The van der Waals surface area contributed by atoms with Crippen molar-refractivity contribution >= 4 is 13.3 Å². The van der Waals surface area contributed by atoms with Crippen LogP contribution < -0.4 is 5.19 Å². The Morgan fingerprint density at radius 2 is 1.40 bits per heavy atom. The summed E-state index contributed by atoms with van der Waals surface area (Å²) in [6.07, 6.45) is 0. The minimum atomic E-state index is -2.24. The van der Waals surface area contributed by atoms with Crippen LogP contribution in [0.4, 0.5) is 0 Å². The third kappa shape index (κ3) is 1.84. The van der Waals surface area contributed by atoms with Crippen molar-refractivity contribution < 1.29 is 9.85 Å². The Labute approximate surface area is 118 Å². The highest BCUT2D eigenvalue weighted by molar-refractivity contribution is 6.92. The lowest BCUT2D eigenvalue weighted by atomic mass is 9.84. The molecule has 0 aliphatic carbocycles. The zero-order valence-electron chi connectivity index (χ0n) is 11.8. The fourth-order valence-corrected chi connectivity index (χ4v) is 9.12. The van der Waals surface area contributed by atoms with Gasteiger partial charge in [0.1, 0.15) is 0 Å². The molecule has 0 saturated carbocycles. The van der Waals surface area contributed by atoms with Crippen molar-refractivity contribution in [1.82, 2.24) is 0 Å². The molecule has 0 aromatic heterocycles. The maximum absolute atomic E-state index is 11.5. The van der Waals surface area contributed by atoms with Crippen LogP contribution >= 0.6 is 0 Å². The second-order valence-corrected chi connectivity index (χ2v) is 10.7. The van der Waals surface area contributed by atoms with Crippen molar-refractivity contribution in [2.24, 2.45) is 0 Å². The molecule has 1 aromatic rings. The molecular formula is C13H18N2O4Si. The Morgan fingerprint density at radius 1 is 1.00 bits per heavy atom. The van der Waals surface area contributed by atoms with Crippen molar-refractivity contribution in [1.29, 1.82) is 0 Å². The number of benzene rings is 1. The predicted octanol–water partition coefficient (Wildman–Crippen LogP) is 2.06. The molecule has 7 heteroatoms. The number of hydrogen-bond donors (Lipinski definition) is 0. The molecule has 0 unspecified atom stereocenters. The van der Waals surface area contributed by atoms with Gasteiger partial charge in [-0.25, -0.2) is 0 Å². The molecule has 2 rings (SSSR count). The van der Waals surface area contributed by atoms with Gasteiger partial charge in [0, 0.05) is 35.8 Å². The summed E-state index contributed by atoms with van der Waals surface area (Å²) in [5.74, 6) is 0. The van der Waals surface area contributed by atoms with Gasteiger partial charge in [-0.15, -0.1) is 0 Å². The lowest BCUT2D eigenvalue weighted by Crippen LogP contribution is -2.55. The van der Waals surface area contributed by atoms with Crippen molar-refractivity contribution in [2.75, 3.05) is 0 Å². The van der Waals surface area contributed by atoms with Gasteiger partial charge in [0.2, 0.25) is 0 Å².